The third-order valence-corrected chi connectivity index (χ3v) is 8.43. The van der Waals surface area contributed by atoms with Crippen LogP contribution in [0.4, 0.5) is 13.2 Å². The van der Waals surface area contributed by atoms with E-state index in [1.165, 1.54) is 18.2 Å². The summed E-state index contributed by atoms with van der Waals surface area (Å²) in [5, 5.41) is 0.137. The van der Waals surface area contributed by atoms with Crippen molar-refractivity contribution in [1.82, 2.24) is 9.03 Å². The van der Waals surface area contributed by atoms with E-state index >= 15 is 0 Å². The molecule has 14 heteroatoms. The molecule has 0 radical (unpaired) electrons. The SMILES string of the molecule is CC1(CNS(=O)(=O)C(F)(F)F)CCN(S(=O)(=O)c2ccc(Cl)cc2C(=O)OC(C)(C)C)CC1. The van der Waals surface area contributed by atoms with Gasteiger partial charge in [0, 0.05) is 24.7 Å². The third kappa shape index (κ3) is 6.81. The van der Waals surface area contributed by atoms with Gasteiger partial charge >= 0.3 is 21.5 Å². The number of nitrogens with one attached hydrogen (secondary N) is 1. The minimum absolute atomic E-state index is 0.0804. The number of carbonyl (C=O) groups excluding carboxylic acids is 1. The number of piperidine rings is 1. The lowest BCUT2D eigenvalue weighted by molar-refractivity contribution is -0.0451. The van der Waals surface area contributed by atoms with Crippen molar-refractivity contribution in [2.24, 2.45) is 5.41 Å². The van der Waals surface area contributed by atoms with Crippen molar-refractivity contribution in [3.8, 4) is 0 Å². The molecule has 0 aliphatic carbocycles. The molecule has 1 N–H and O–H groups in total. The zero-order valence-electron chi connectivity index (χ0n) is 18.5. The van der Waals surface area contributed by atoms with Crippen LogP contribution >= 0.6 is 11.6 Å². The molecule has 1 aromatic rings. The maximum absolute atomic E-state index is 13.3. The smallest absolute Gasteiger partial charge is 0.456 e. The lowest BCUT2D eigenvalue weighted by Crippen LogP contribution is -2.48. The first-order valence-electron chi connectivity index (χ1n) is 9.86. The number of alkyl halides is 3. The molecule has 1 aliphatic rings. The number of rotatable bonds is 6. The number of esters is 1. The topological polar surface area (TPSA) is 110 Å². The average molecular weight is 535 g/mol. The van der Waals surface area contributed by atoms with E-state index in [0.29, 0.717) is 0 Å². The maximum Gasteiger partial charge on any atom is 0.511 e. The van der Waals surface area contributed by atoms with E-state index < -0.39 is 49.1 Å². The van der Waals surface area contributed by atoms with Crippen molar-refractivity contribution in [2.45, 2.75) is 56.5 Å². The van der Waals surface area contributed by atoms with Crippen LogP contribution in [0.1, 0.15) is 50.9 Å². The predicted molar refractivity (Wildman–Crippen MR) is 116 cm³/mol. The molecule has 8 nitrogen and oxygen atoms in total. The van der Waals surface area contributed by atoms with Crippen LogP contribution in [0.3, 0.4) is 0 Å². The Kier molecular flexibility index (Phi) is 7.87. The number of halogens is 4. The van der Waals surface area contributed by atoms with Crippen molar-refractivity contribution in [1.29, 1.82) is 0 Å². The highest BCUT2D eigenvalue weighted by atomic mass is 35.5. The Hall–Kier alpha value is -1.41. The van der Waals surface area contributed by atoms with Crippen molar-refractivity contribution < 1.29 is 39.5 Å². The van der Waals surface area contributed by atoms with Crippen LogP contribution in [0.5, 0.6) is 0 Å². The van der Waals surface area contributed by atoms with Gasteiger partial charge in [0.25, 0.3) is 0 Å². The van der Waals surface area contributed by atoms with Gasteiger partial charge in [0.05, 0.1) is 10.5 Å². The molecule has 188 valence electrons. The van der Waals surface area contributed by atoms with Gasteiger partial charge in [0.15, 0.2) is 0 Å². The first kappa shape index (κ1) is 27.8. The van der Waals surface area contributed by atoms with Crippen LogP contribution in [-0.4, -0.2) is 57.9 Å². The first-order chi connectivity index (χ1) is 14.8. The van der Waals surface area contributed by atoms with Gasteiger partial charge in [-0.05, 0) is 57.2 Å². The van der Waals surface area contributed by atoms with Gasteiger partial charge in [-0.25, -0.2) is 26.4 Å². The molecule has 1 fully saturated rings. The number of ether oxygens (including phenoxy) is 1. The molecule has 1 heterocycles. The highest BCUT2D eigenvalue weighted by Crippen LogP contribution is 2.35. The van der Waals surface area contributed by atoms with E-state index in [4.69, 9.17) is 16.3 Å². The highest BCUT2D eigenvalue weighted by Gasteiger charge is 2.47. The monoisotopic (exact) mass is 534 g/mol. The van der Waals surface area contributed by atoms with Crippen LogP contribution in [0.25, 0.3) is 0 Å². The zero-order valence-corrected chi connectivity index (χ0v) is 20.9. The van der Waals surface area contributed by atoms with Crippen molar-refractivity contribution in [3.63, 3.8) is 0 Å². The van der Waals surface area contributed by atoms with Gasteiger partial charge in [0.1, 0.15) is 5.60 Å². The Labute approximate surface area is 196 Å². The molecule has 33 heavy (non-hydrogen) atoms. The summed E-state index contributed by atoms with van der Waals surface area (Å²) in [6.45, 7) is 5.80. The lowest BCUT2D eigenvalue weighted by atomic mass is 9.81. The fourth-order valence-corrected chi connectivity index (χ4v) is 5.63. The molecular weight excluding hydrogens is 509 g/mol. The summed E-state index contributed by atoms with van der Waals surface area (Å²) >= 11 is 5.96. The number of carbonyl (C=O) groups is 1. The summed E-state index contributed by atoms with van der Waals surface area (Å²) in [5.41, 5.74) is -7.43. The molecule has 1 saturated heterocycles. The van der Waals surface area contributed by atoms with E-state index in [-0.39, 0.29) is 41.4 Å². The minimum Gasteiger partial charge on any atom is -0.456 e. The fourth-order valence-electron chi connectivity index (χ4n) is 3.15. The number of hydrogen-bond donors (Lipinski definition) is 1. The van der Waals surface area contributed by atoms with Crippen LogP contribution in [0, 0.1) is 5.41 Å². The summed E-state index contributed by atoms with van der Waals surface area (Å²) in [7, 11) is -9.67. The molecule has 0 unspecified atom stereocenters. The quantitative estimate of drug-likeness (QED) is 0.559. The third-order valence-electron chi connectivity index (χ3n) is 5.10. The van der Waals surface area contributed by atoms with Crippen LogP contribution < -0.4 is 4.72 Å². The molecule has 0 saturated carbocycles. The summed E-state index contributed by atoms with van der Waals surface area (Å²) in [6, 6.07) is 3.72. The Morgan fingerprint density at radius 2 is 1.70 bits per heavy atom. The minimum atomic E-state index is -5.50. The van der Waals surface area contributed by atoms with Crippen LogP contribution in [0.2, 0.25) is 5.02 Å². The standard InChI is InChI=1S/C19H26ClF3N2O6S2/c1-17(2,3)31-16(26)14-11-13(20)5-6-15(14)32(27,28)25-9-7-18(4,8-10-25)12-24-33(29,30)19(21,22)23/h5-6,11,24H,7-10,12H2,1-4H3. The van der Waals surface area contributed by atoms with Crippen molar-refractivity contribution >= 4 is 37.6 Å². The van der Waals surface area contributed by atoms with Gasteiger partial charge in [-0.3, -0.25) is 0 Å². The highest BCUT2D eigenvalue weighted by molar-refractivity contribution is 7.90. The summed E-state index contributed by atoms with van der Waals surface area (Å²) in [6.07, 6.45) is 0.198. The zero-order chi connectivity index (χ0) is 25.5. The van der Waals surface area contributed by atoms with Crippen molar-refractivity contribution in [3.05, 3.63) is 28.8 Å². The molecular formula is C19H26ClF3N2O6S2. The Bertz CT molecular complexity index is 1110. The molecule has 0 spiro atoms. The van der Waals surface area contributed by atoms with Crippen LogP contribution in [-0.2, 0) is 24.8 Å². The molecule has 1 aliphatic heterocycles. The number of benzene rings is 1. The summed E-state index contributed by atoms with van der Waals surface area (Å²) in [5.74, 6) is -0.869. The summed E-state index contributed by atoms with van der Waals surface area (Å²) in [4.78, 5) is 12.3. The number of hydrogen-bond acceptors (Lipinski definition) is 6. The van der Waals surface area contributed by atoms with Crippen LogP contribution in [0.15, 0.2) is 23.1 Å². The first-order valence-corrected chi connectivity index (χ1v) is 13.2. The van der Waals surface area contributed by atoms with E-state index in [9.17, 15) is 34.8 Å². The number of sulfonamides is 2. The molecule has 0 atom stereocenters. The van der Waals surface area contributed by atoms with Gasteiger partial charge in [-0.15, -0.1) is 0 Å². The second-order valence-electron chi connectivity index (χ2n) is 9.13. The van der Waals surface area contributed by atoms with Gasteiger partial charge in [-0.1, -0.05) is 18.5 Å². The summed E-state index contributed by atoms with van der Waals surface area (Å²) < 4.78 is 94.7. The Morgan fingerprint density at radius 3 is 2.18 bits per heavy atom. The van der Waals surface area contributed by atoms with Crippen molar-refractivity contribution in [2.75, 3.05) is 19.6 Å². The predicted octanol–water partition coefficient (Wildman–Crippen LogP) is 3.53. The van der Waals surface area contributed by atoms with E-state index in [1.807, 2.05) is 0 Å². The van der Waals surface area contributed by atoms with Gasteiger partial charge < -0.3 is 4.74 Å². The Balaban J connectivity index is 2.21. The molecule has 0 bridgehead atoms. The second kappa shape index (κ2) is 9.33. The van der Waals surface area contributed by atoms with E-state index in [1.54, 1.807) is 32.4 Å². The lowest BCUT2D eigenvalue weighted by Gasteiger charge is -2.39. The largest absolute Gasteiger partial charge is 0.511 e. The van der Waals surface area contributed by atoms with E-state index in [0.717, 1.165) is 4.31 Å². The van der Waals surface area contributed by atoms with Gasteiger partial charge in [0.2, 0.25) is 10.0 Å². The molecule has 2 rings (SSSR count). The maximum atomic E-state index is 13.3. The second-order valence-corrected chi connectivity index (χ2v) is 13.2. The molecule has 1 aromatic carbocycles. The normalized spacial score (nSPS) is 18.2. The number of nitrogens with zero attached hydrogens (tertiary/aromatic N) is 1. The Morgan fingerprint density at radius 1 is 1.15 bits per heavy atom. The molecule has 0 amide bonds. The van der Waals surface area contributed by atoms with E-state index in [2.05, 4.69) is 0 Å². The fraction of sp³-hybridized carbons (Fsp3) is 0.632. The average Bonchev–Trinajstić information content (AvgIpc) is 2.64. The van der Waals surface area contributed by atoms with Gasteiger partial charge in [-0.2, -0.15) is 17.5 Å². The molecule has 0 aromatic heterocycles.